The first-order valence-electron chi connectivity index (χ1n) is 8.01. The van der Waals surface area contributed by atoms with Crippen LogP contribution in [0.5, 0.6) is 5.88 Å². The van der Waals surface area contributed by atoms with Crippen LogP contribution in [0.4, 0.5) is 0 Å². The molecule has 21 heavy (non-hydrogen) atoms. The topological polar surface area (TPSA) is 37.4 Å². The third-order valence-electron chi connectivity index (χ3n) is 3.98. The van der Waals surface area contributed by atoms with Crippen LogP contribution in [-0.4, -0.2) is 42.2 Å². The molecule has 1 heterocycles. The van der Waals surface area contributed by atoms with E-state index in [0.717, 1.165) is 30.7 Å². The molecule has 118 valence electrons. The van der Waals surface area contributed by atoms with E-state index in [1.807, 2.05) is 6.92 Å². The summed E-state index contributed by atoms with van der Waals surface area (Å²) in [7, 11) is 2.18. The number of nitrogens with one attached hydrogen (secondary N) is 1. The van der Waals surface area contributed by atoms with Gasteiger partial charge in [-0.25, -0.2) is 4.98 Å². The average Bonchev–Trinajstić information content (AvgIpc) is 3.21. The third kappa shape index (κ3) is 4.97. The van der Waals surface area contributed by atoms with Crippen molar-refractivity contribution in [1.29, 1.82) is 0 Å². The summed E-state index contributed by atoms with van der Waals surface area (Å²) in [6.45, 7) is 11.0. The second-order valence-corrected chi connectivity index (χ2v) is 6.46. The molecule has 1 fully saturated rings. The molecule has 1 saturated carbocycles. The SMILES string of the molecule is Cc1cc(C)c(CNC(C)C)c(OCCN(C)C2CC2)n1. The van der Waals surface area contributed by atoms with E-state index in [4.69, 9.17) is 4.74 Å². The zero-order valence-electron chi connectivity index (χ0n) is 14.1. The van der Waals surface area contributed by atoms with Gasteiger partial charge >= 0.3 is 0 Å². The number of likely N-dealkylation sites (N-methyl/N-ethyl adjacent to an activating group) is 1. The van der Waals surface area contributed by atoms with Crippen LogP contribution in [0.1, 0.15) is 43.5 Å². The van der Waals surface area contributed by atoms with Crippen molar-refractivity contribution in [1.82, 2.24) is 15.2 Å². The van der Waals surface area contributed by atoms with E-state index in [2.05, 4.69) is 49.1 Å². The Bertz CT molecular complexity index is 469. The molecule has 1 aliphatic carbocycles. The Morgan fingerprint density at radius 2 is 2.10 bits per heavy atom. The van der Waals surface area contributed by atoms with Gasteiger partial charge in [-0.3, -0.25) is 0 Å². The Morgan fingerprint density at radius 1 is 1.38 bits per heavy atom. The highest BCUT2D eigenvalue weighted by Crippen LogP contribution is 2.25. The molecule has 0 saturated heterocycles. The van der Waals surface area contributed by atoms with Crippen LogP contribution in [0.15, 0.2) is 6.07 Å². The lowest BCUT2D eigenvalue weighted by molar-refractivity contribution is 0.224. The summed E-state index contributed by atoms with van der Waals surface area (Å²) < 4.78 is 5.99. The van der Waals surface area contributed by atoms with Gasteiger partial charge in [0.05, 0.1) is 0 Å². The normalized spacial score (nSPS) is 15.0. The van der Waals surface area contributed by atoms with E-state index >= 15 is 0 Å². The maximum Gasteiger partial charge on any atom is 0.218 e. The van der Waals surface area contributed by atoms with Crippen molar-refractivity contribution in [3.8, 4) is 5.88 Å². The Morgan fingerprint density at radius 3 is 2.71 bits per heavy atom. The van der Waals surface area contributed by atoms with Crippen molar-refractivity contribution in [2.75, 3.05) is 20.2 Å². The van der Waals surface area contributed by atoms with E-state index < -0.39 is 0 Å². The zero-order chi connectivity index (χ0) is 15.4. The fraction of sp³-hybridized carbons (Fsp3) is 0.706. The molecule has 1 aromatic heterocycles. The maximum absolute atomic E-state index is 5.99. The zero-order valence-corrected chi connectivity index (χ0v) is 14.1. The van der Waals surface area contributed by atoms with Gasteiger partial charge in [0.25, 0.3) is 0 Å². The molecular formula is C17H29N3O. The molecule has 1 aliphatic rings. The molecule has 0 aliphatic heterocycles. The van der Waals surface area contributed by atoms with Crippen LogP contribution in [0.25, 0.3) is 0 Å². The number of hydrogen-bond acceptors (Lipinski definition) is 4. The van der Waals surface area contributed by atoms with Crippen molar-refractivity contribution in [2.45, 2.75) is 59.2 Å². The third-order valence-corrected chi connectivity index (χ3v) is 3.98. The van der Waals surface area contributed by atoms with Crippen LogP contribution in [0.3, 0.4) is 0 Å². The fourth-order valence-corrected chi connectivity index (χ4v) is 2.45. The quantitative estimate of drug-likeness (QED) is 0.799. The number of nitrogens with zero attached hydrogens (tertiary/aromatic N) is 2. The number of hydrogen-bond donors (Lipinski definition) is 1. The highest BCUT2D eigenvalue weighted by molar-refractivity contribution is 5.35. The largest absolute Gasteiger partial charge is 0.476 e. The molecule has 1 aromatic rings. The van der Waals surface area contributed by atoms with Crippen molar-refractivity contribution >= 4 is 0 Å². The summed E-state index contributed by atoms with van der Waals surface area (Å²) in [4.78, 5) is 6.97. The van der Waals surface area contributed by atoms with Gasteiger partial charge < -0.3 is 15.0 Å². The minimum atomic E-state index is 0.458. The van der Waals surface area contributed by atoms with Crippen LogP contribution < -0.4 is 10.1 Å². The number of rotatable bonds is 8. The van der Waals surface area contributed by atoms with Crippen LogP contribution in [0, 0.1) is 13.8 Å². The molecule has 0 atom stereocenters. The fourth-order valence-electron chi connectivity index (χ4n) is 2.45. The number of pyridine rings is 1. The summed E-state index contributed by atoms with van der Waals surface area (Å²) in [6, 6.07) is 3.36. The van der Waals surface area contributed by atoms with Crippen LogP contribution in [-0.2, 0) is 6.54 Å². The average molecular weight is 291 g/mol. The van der Waals surface area contributed by atoms with Crippen LogP contribution in [0.2, 0.25) is 0 Å². The van der Waals surface area contributed by atoms with E-state index in [0.29, 0.717) is 12.6 Å². The van der Waals surface area contributed by atoms with Crippen molar-refractivity contribution in [3.05, 3.63) is 22.9 Å². The van der Waals surface area contributed by atoms with Gasteiger partial charge in [0.2, 0.25) is 5.88 Å². The van der Waals surface area contributed by atoms with Gasteiger partial charge in [-0.1, -0.05) is 13.8 Å². The van der Waals surface area contributed by atoms with Gasteiger partial charge in [-0.15, -0.1) is 0 Å². The second kappa shape index (κ2) is 7.23. The molecule has 0 bridgehead atoms. The Labute approximate surface area is 128 Å². The minimum absolute atomic E-state index is 0.458. The van der Waals surface area contributed by atoms with Gasteiger partial charge in [-0.2, -0.15) is 0 Å². The van der Waals surface area contributed by atoms with Gasteiger partial charge in [0.1, 0.15) is 6.61 Å². The lowest BCUT2D eigenvalue weighted by Crippen LogP contribution is -2.27. The van der Waals surface area contributed by atoms with E-state index in [-0.39, 0.29) is 0 Å². The molecule has 4 nitrogen and oxygen atoms in total. The summed E-state index contributed by atoms with van der Waals surface area (Å²) >= 11 is 0. The molecule has 4 heteroatoms. The highest BCUT2D eigenvalue weighted by Gasteiger charge is 2.25. The van der Waals surface area contributed by atoms with E-state index in [1.54, 1.807) is 0 Å². The van der Waals surface area contributed by atoms with E-state index in [9.17, 15) is 0 Å². The monoisotopic (exact) mass is 291 g/mol. The van der Waals surface area contributed by atoms with E-state index in [1.165, 1.54) is 24.0 Å². The maximum atomic E-state index is 5.99. The smallest absolute Gasteiger partial charge is 0.218 e. The molecule has 0 aromatic carbocycles. The standard InChI is InChI=1S/C17H29N3O/c1-12(2)18-11-16-13(3)10-14(4)19-17(16)21-9-8-20(5)15-6-7-15/h10,12,15,18H,6-9,11H2,1-5H3. The summed E-state index contributed by atoms with van der Waals surface area (Å²) in [5, 5.41) is 3.46. The Hall–Kier alpha value is -1.13. The first kappa shape index (κ1) is 16.2. The predicted octanol–water partition coefficient (Wildman–Crippen LogP) is 2.67. The number of aromatic nitrogens is 1. The number of aryl methyl sites for hydroxylation is 2. The first-order valence-corrected chi connectivity index (χ1v) is 8.01. The van der Waals surface area contributed by atoms with Gasteiger partial charge in [-0.05, 0) is 45.4 Å². The summed E-state index contributed by atoms with van der Waals surface area (Å²) in [5.41, 5.74) is 3.45. The lowest BCUT2D eigenvalue weighted by Gasteiger charge is -2.18. The molecule has 0 amide bonds. The van der Waals surface area contributed by atoms with Gasteiger partial charge in [0, 0.05) is 36.4 Å². The molecule has 2 rings (SSSR count). The predicted molar refractivity (Wildman–Crippen MR) is 86.8 cm³/mol. The summed E-state index contributed by atoms with van der Waals surface area (Å²) in [6.07, 6.45) is 2.67. The Kier molecular flexibility index (Phi) is 5.59. The Balaban J connectivity index is 1.97. The molecule has 0 radical (unpaired) electrons. The molecule has 0 unspecified atom stereocenters. The lowest BCUT2D eigenvalue weighted by atomic mass is 10.1. The number of ether oxygens (including phenoxy) is 1. The summed E-state index contributed by atoms with van der Waals surface area (Å²) in [5.74, 6) is 0.796. The minimum Gasteiger partial charge on any atom is -0.476 e. The highest BCUT2D eigenvalue weighted by atomic mass is 16.5. The van der Waals surface area contributed by atoms with Crippen molar-refractivity contribution in [2.24, 2.45) is 0 Å². The molecule has 0 spiro atoms. The second-order valence-electron chi connectivity index (χ2n) is 6.46. The van der Waals surface area contributed by atoms with Crippen molar-refractivity contribution < 1.29 is 4.74 Å². The first-order chi connectivity index (χ1) is 9.97. The molecule has 1 N–H and O–H groups in total. The van der Waals surface area contributed by atoms with Crippen molar-refractivity contribution in [3.63, 3.8) is 0 Å². The molecular weight excluding hydrogens is 262 g/mol. The van der Waals surface area contributed by atoms with Gasteiger partial charge in [0.15, 0.2) is 0 Å². The van der Waals surface area contributed by atoms with Crippen LogP contribution >= 0.6 is 0 Å².